The summed E-state index contributed by atoms with van der Waals surface area (Å²) in [6, 6.07) is 27.2. The van der Waals surface area contributed by atoms with Crippen molar-refractivity contribution in [3.8, 4) is 5.75 Å². The Bertz CT molecular complexity index is 1470. The molecule has 0 atom stereocenters. The van der Waals surface area contributed by atoms with Crippen molar-refractivity contribution in [1.29, 1.82) is 0 Å². The van der Waals surface area contributed by atoms with Crippen LogP contribution in [0.5, 0.6) is 5.75 Å². The highest BCUT2D eigenvalue weighted by Gasteiger charge is 2.32. The van der Waals surface area contributed by atoms with E-state index >= 15 is 0 Å². The summed E-state index contributed by atoms with van der Waals surface area (Å²) < 4.78 is 6.13. The summed E-state index contributed by atoms with van der Waals surface area (Å²) in [5, 5.41) is 4.75. The lowest BCUT2D eigenvalue weighted by Crippen LogP contribution is -2.31. The van der Waals surface area contributed by atoms with Crippen LogP contribution in [0.2, 0.25) is 0 Å². The van der Waals surface area contributed by atoms with Crippen molar-refractivity contribution in [2.45, 2.75) is 45.3 Å². The number of carbonyl (C=O) groups is 2. The zero-order chi connectivity index (χ0) is 25.9. The van der Waals surface area contributed by atoms with E-state index in [1.54, 1.807) is 6.07 Å². The van der Waals surface area contributed by atoms with Crippen molar-refractivity contribution in [1.82, 2.24) is 4.90 Å². The zero-order valence-corrected chi connectivity index (χ0v) is 21.5. The van der Waals surface area contributed by atoms with Gasteiger partial charge in [-0.1, -0.05) is 86.0 Å². The fraction of sp³-hybridized carbons (Fsp3) is 0.273. The molecular weight excluding hydrogens is 472 g/mol. The molecule has 1 aliphatic heterocycles. The monoisotopic (exact) mass is 504 g/mol. The summed E-state index contributed by atoms with van der Waals surface area (Å²) in [5.41, 5.74) is 3.83. The zero-order valence-electron chi connectivity index (χ0n) is 21.5. The molecule has 2 amide bonds. The van der Waals surface area contributed by atoms with E-state index in [2.05, 4.69) is 5.32 Å². The van der Waals surface area contributed by atoms with Crippen molar-refractivity contribution in [2.75, 3.05) is 11.9 Å². The molecule has 0 radical (unpaired) electrons. The van der Waals surface area contributed by atoms with Crippen molar-refractivity contribution in [2.24, 2.45) is 5.92 Å². The van der Waals surface area contributed by atoms with Gasteiger partial charge in [0, 0.05) is 24.0 Å². The quantitative estimate of drug-likeness (QED) is 0.289. The molecule has 1 aliphatic carbocycles. The van der Waals surface area contributed by atoms with Gasteiger partial charge in [-0.3, -0.25) is 9.59 Å². The minimum absolute atomic E-state index is 0.0241. The Kier molecular flexibility index (Phi) is 6.82. The van der Waals surface area contributed by atoms with Crippen molar-refractivity contribution >= 4 is 28.3 Å². The standard InChI is InChI=1S/C33H32N2O3/c36-32(28-18-19-30(27-16-8-7-15-26(27)28)38-22-24-12-5-2-6-13-24)34-29-17-9-14-25-21-35(33(37)31(25)29)20-23-10-3-1-4-11-23/h2,5-9,12-19,23H,1,3-4,10-11,20-22H2,(H,34,36). The Balaban J connectivity index is 1.22. The van der Waals surface area contributed by atoms with Gasteiger partial charge in [0.1, 0.15) is 12.4 Å². The number of hydrogen-bond acceptors (Lipinski definition) is 3. The molecule has 4 aromatic carbocycles. The maximum absolute atomic E-state index is 13.5. The lowest BCUT2D eigenvalue weighted by atomic mass is 9.89. The molecule has 1 N–H and O–H groups in total. The van der Waals surface area contributed by atoms with Crippen LogP contribution < -0.4 is 10.1 Å². The summed E-state index contributed by atoms with van der Waals surface area (Å²) in [4.78, 5) is 28.9. The molecule has 6 rings (SSSR count). The fourth-order valence-corrected chi connectivity index (χ4v) is 5.87. The number of ether oxygens (including phenoxy) is 1. The van der Waals surface area contributed by atoms with Gasteiger partial charge in [-0.05, 0) is 53.5 Å². The van der Waals surface area contributed by atoms with E-state index in [-0.39, 0.29) is 11.8 Å². The van der Waals surface area contributed by atoms with Gasteiger partial charge in [0.15, 0.2) is 0 Å². The second kappa shape index (κ2) is 10.7. The van der Waals surface area contributed by atoms with Crippen LogP contribution in [0.1, 0.15) is 63.9 Å². The highest BCUT2D eigenvalue weighted by atomic mass is 16.5. The van der Waals surface area contributed by atoms with Gasteiger partial charge < -0.3 is 15.0 Å². The van der Waals surface area contributed by atoms with Gasteiger partial charge in [-0.25, -0.2) is 0 Å². The first kappa shape index (κ1) is 24.2. The molecule has 0 bridgehead atoms. The molecule has 192 valence electrons. The predicted molar refractivity (Wildman–Crippen MR) is 150 cm³/mol. The first-order chi connectivity index (χ1) is 18.7. The summed E-state index contributed by atoms with van der Waals surface area (Å²) in [5.74, 6) is 1.10. The largest absolute Gasteiger partial charge is 0.488 e. The molecule has 0 unspecified atom stereocenters. The third-order valence-corrected chi connectivity index (χ3v) is 7.83. The minimum Gasteiger partial charge on any atom is -0.488 e. The SMILES string of the molecule is O=C(Nc1cccc2c1C(=O)N(CC1CCCCC1)C2)c1ccc(OCc2ccccc2)c2ccccc12. The maximum atomic E-state index is 13.5. The molecule has 4 aromatic rings. The van der Waals surface area contributed by atoms with Crippen LogP contribution in [0, 0.1) is 5.92 Å². The summed E-state index contributed by atoms with van der Waals surface area (Å²) in [6.07, 6.45) is 6.20. The Morgan fingerprint density at radius 1 is 0.842 bits per heavy atom. The average Bonchev–Trinajstić information content (AvgIpc) is 3.28. The molecule has 5 nitrogen and oxygen atoms in total. The summed E-state index contributed by atoms with van der Waals surface area (Å²) >= 11 is 0. The Morgan fingerprint density at radius 2 is 1.61 bits per heavy atom. The van der Waals surface area contributed by atoms with Crippen LogP contribution in [0.25, 0.3) is 10.8 Å². The molecular formula is C33H32N2O3. The highest BCUT2D eigenvalue weighted by molar-refractivity contribution is 6.16. The van der Waals surface area contributed by atoms with Gasteiger partial charge in [0.2, 0.25) is 0 Å². The molecule has 5 heteroatoms. The van der Waals surface area contributed by atoms with Crippen molar-refractivity contribution < 1.29 is 14.3 Å². The second-order valence-electron chi connectivity index (χ2n) is 10.4. The topological polar surface area (TPSA) is 58.6 Å². The van der Waals surface area contributed by atoms with Gasteiger partial charge in [0.25, 0.3) is 11.8 Å². The number of fused-ring (bicyclic) bond motifs is 2. The Morgan fingerprint density at radius 3 is 2.42 bits per heavy atom. The normalized spacial score (nSPS) is 15.5. The Labute approximate surface area is 223 Å². The van der Waals surface area contributed by atoms with E-state index < -0.39 is 0 Å². The lowest BCUT2D eigenvalue weighted by Gasteiger charge is -2.26. The van der Waals surface area contributed by atoms with E-state index in [0.717, 1.165) is 34.2 Å². The fourth-order valence-electron chi connectivity index (χ4n) is 5.87. The van der Waals surface area contributed by atoms with Crippen molar-refractivity contribution in [3.63, 3.8) is 0 Å². The molecule has 0 saturated heterocycles. The van der Waals surface area contributed by atoms with Gasteiger partial charge in [-0.2, -0.15) is 0 Å². The molecule has 38 heavy (non-hydrogen) atoms. The van der Waals surface area contributed by atoms with E-state index in [1.807, 2.05) is 83.8 Å². The molecule has 1 saturated carbocycles. The number of benzene rings is 4. The number of nitrogens with zero attached hydrogens (tertiary/aromatic N) is 1. The van der Waals surface area contributed by atoms with Crippen molar-refractivity contribution in [3.05, 3.63) is 107 Å². The summed E-state index contributed by atoms with van der Waals surface area (Å²) in [6.45, 7) is 1.87. The van der Waals surface area contributed by atoms with Crippen LogP contribution in [0.3, 0.4) is 0 Å². The second-order valence-corrected chi connectivity index (χ2v) is 10.4. The summed E-state index contributed by atoms with van der Waals surface area (Å²) in [7, 11) is 0. The predicted octanol–water partition coefficient (Wildman–Crippen LogP) is 7.21. The average molecular weight is 505 g/mol. The Hall–Kier alpha value is -4.12. The number of nitrogens with one attached hydrogen (secondary N) is 1. The number of anilines is 1. The first-order valence-corrected chi connectivity index (χ1v) is 13.6. The van der Waals surface area contributed by atoms with E-state index in [4.69, 9.17) is 4.74 Å². The van der Waals surface area contributed by atoms with Crippen LogP contribution in [-0.2, 0) is 13.2 Å². The third kappa shape index (κ3) is 4.89. The highest BCUT2D eigenvalue weighted by Crippen LogP contribution is 2.34. The van der Waals surface area contributed by atoms with Crippen LogP contribution >= 0.6 is 0 Å². The molecule has 2 aliphatic rings. The molecule has 0 spiro atoms. The third-order valence-electron chi connectivity index (χ3n) is 7.83. The van der Waals surface area contributed by atoms with Gasteiger partial charge in [-0.15, -0.1) is 0 Å². The lowest BCUT2D eigenvalue weighted by molar-refractivity contribution is 0.0738. The number of carbonyl (C=O) groups excluding carboxylic acids is 2. The molecule has 1 fully saturated rings. The number of amides is 2. The van der Waals surface area contributed by atoms with E-state index in [1.165, 1.54) is 32.1 Å². The number of rotatable bonds is 7. The van der Waals surface area contributed by atoms with Crippen LogP contribution in [0.15, 0.2) is 84.9 Å². The van der Waals surface area contributed by atoms with Gasteiger partial charge in [0.05, 0.1) is 11.3 Å². The minimum atomic E-state index is -0.234. The van der Waals surface area contributed by atoms with E-state index in [0.29, 0.717) is 35.9 Å². The first-order valence-electron chi connectivity index (χ1n) is 13.6. The molecule has 1 heterocycles. The van der Waals surface area contributed by atoms with Crippen LogP contribution in [0.4, 0.5) is 5.69 Å². The van der Waals surface area contributed by atoms with E-state index in [9.17, 15) is 9.59 Å². The number of hydrogen-bond donors (Lipinski definition) is 1. The van der Waals surface area contributed by atoms with Gasteiger partial charge >= 0.3 is 0 Å². The maximum Gasteiger partial charge on any atom is 0.256 e. The van der Waals surface area contributed by atoms with Crippen LogP contribution in [-0.4, -0.2) is 23.3 Å². The smallest absolute Gasteiger partial charge is 0.256 e. The molecule has 0 aromatic heterocycles.